The predicted molar refractivity (Wildman–Crippen MR) is 29.3 cm³/mol. The van der Waals surface area contributed by atoms with E-state index in [1.165, 1.54) is 0 Å². The lowest BCUT2D eigenvalue weighted by Gasteiger charge is -1.84. The van der Waals surface area contributed by atoms with Gasteiger partial charge >= 0.3 is 0 Å². The minimum absolute atomic E-state index is 0. The van der Waals surface area contributed by atoms with Gasteiger partial charge in [0.2, 0.25) is 6.20 Å². The molecule has 0 saturated carbocycles. The number of nitrogens with zero attached hydrogens (tertiary/aromatic N) is 1. The van der Waals surface area contributed by atoms with E-state index < -0.39 is 0 Å². The van der Waals surface area contributed by atoms with Gasteiger partial charge in [0.15, 0.2) is 11.9 Å². The lowest BCUT2D eigenvalue weighted by atomic mass is 10.5. The summed E-state index contributed by atoms with van der Waals surface area (Å²) < 4.78 is 1.79. The number of rotatable bonds is 0. The maximum absolute atomic E-state index is 8.79. The second-order valence-electron chi connectivity index (χ2n) is 1.73. The van der Waals surface area contributed by atoms with Crippen LogP contribution in [0.4, 0.5) is 0 Å². The number of aromatic nitrogens is 1. The van der Waals surface area contributed by atoms with Gasteiger partial charge in [-0.1, -0.05) is 0 Å². The molecule has 0 aliphatic heterocycles. The molecule has 0 fully saturated rings. The van der Waals surface area contributed by atoms with Crippen molar-refractivity contribution in [3.63, 3.8) is 0 Å². The second kappa shape index (κ2) is 3.30. The van der Waals surface area contributed by atoms with Crippen LogP contribution in [-0.2, 0) is 7.05 Å². The van der Waals surface area contributed by atoms with E-state index in [0.717, 1.165) is 0 Å². The lowest BCUT2D eigenvalue weighted by Crippen LogP contribution is -3.00. The van der Waals surface area contributed by atoms with Gasteiger partial charge in [0.25, 0.3) is 0 Å². The molecule has 1 heterocycles. The third kappa shape index (κ3) is 2.33. The summed E-state index contributed by atoms with van der Waals surface area (Å²) in [7, 11) is 1.86. The summed E-state index contributed by atoms with van der Waals surface area (Å²) in [5.74, 6) is 0.301. The van der Waals surface area contributed by atoms with Gasteiger partial charge in [-0.15, -0.1) is 0 Å². The summed E-state index contributed by atoms with van der Waals surface area (Å²) in [4.78, 5) is 0. The summed E-state index contributed by atoms with van der Waals surface area (Å²) >= 11 is 0. The quantitative estimate of drug-likeness (QED) is 0.393. The maximum atomic E-state index is 8.79. The van der Waals surface area contributed by atoms with Crippen molar-refractivity contribution in [3.05, 3.63) is 24.5 Å². The van der Waals surface area contributed by atoms with Gasteiger partial charge in [0.05, 0.1) is 0 Å². The van der Waals surface area contributed by atoms with Crippen LogP contribution in [0.1, 0.15) is 0 Å². The summed E-state index contributed by atoms with van der Waals surface area (Å²) in [5, 5.41) is 8.79. The van der Waals surface area contributed by atoms with Crippen molar-refractivity contribution in [1.82, 2.24) is 0 Å². The Kier molecular flexibility index (Phi) is 3.02. The molecule has 0 aliphatic carbocycles. The molecule has 0 atom stereocenters. The van der Waals surface area contributed by atoms with Crippen molar-refractivity contribution in [2.45, 2.75) is 0 Å². The molecule has 1 aromatic heterocycles. The number of pyridine rings is 1. The van der Waals surface area contributed by atoms with Gasteiger partial charge in [0.1, 0.15) is 7.05 Å². The number of hydrogen-bond donors (Lipinski definition) is 1. The molecule has 3 heteroatoms. The van der Waals surface area contributed by atoms with Crippen molar-refractivity contribution in [2.75, 3.05) is 0 Å². The highest BCUT2D eigenvalue weighted by Crippen LogP contribution is 1.98. The molecule has 1 aromatic rings. The first kappa shape index (κ1) is 8.24. The van der Waals surface area contributed by atoms with Gasteiger partial charge < -0.3 is 17.5 Å². The molecule has 9 heavy (non-hydrogen) atoms. The standard InChI is InChI=1S/C6H7NO.ClH/c1-7-4-2-3-6(8)5-7;/h2-5H,1H3;1H. The Morgan fingerprint density at radius 3 is 2.56 bits per heavy atom. The minimum atomic E-state index is 0. The van der Waals surface area contributed by atoms with E-state index in [1.54, 1.807) is 22.9 Å². The molecule has 0 radical (unpaired) electrons. The van der Waals surface area contributed by atoms with E-state index in [1.807, 2.05) is 13.2 Å². The van der Waals surface area contributed by atoms with E-state index in [-0.39, 0.29) is 12.4 Å². The molecule has 1 N–H and O–H groups in total. The SMILES string of the molecule is C[n+]1cccc(O)c1.[Cl-]. The van der Waals surface area contributed by atoms with Crippen LogP contribution in [0.3, 0.4) is 0 Å². The van der Waals surface area contributed by atoms with Gasteiger partial charge in [-0.3, -0.25) is 0 Å². The number of halogens is 1. The average Bonchev–Trinajstić information content (AvgIpc) is 1.64. The fraction of sp³-hybridized carbons (Fsp3) is 0.167. The van der Waals surface area contributed by atoms with Gasteiger partial charge in [0, 0.05) is 6.07 Å². The molecule has 0 aromatic carbocycles. The average molecular weight is 146 g/mol. The zero-order chi connectivity index (χ0) is 5.98. The largest absolute Gasteiger partial charge is 1.00 e. The fourth-order valence-electron chi connectivity index (χ4n) is 0.572. The second-order valence-corrected chi connectivity index (χ2v) is 1.73. The highest BCUT2D eigenvalue weighted by Gasteiger charge is 1.89. The molecule has 0 spiro atoms. The normalized spacial score (nSPS) is 8.11. The molecule has 0 amide bonds. The lowest BCUT2D eigenvalue weighted by molar-refractivity contribution is -0.671. The molecule has 50 valence electrons. The first-order valence-corrected chi connectivity index (χ1v) is 2.43. The molecule has 0 saturated heterocycles. The van der Waals surface area contributed by atoms with Crippen LogP contribution in [0.2, 0.25) is 0 Å². The zero-order valence-corrected chi connectivity index (χ0v) is 5.84. The highest BCUT2D eigenvalue weighted by molar-refractivity contribution is 5.09. The van der Waals surface area contributed by atoms with Crippen LogP contribution in [0, 0.1) is 0 Å². The third-order valence-electron chi connectivity index (χ3n) is 0.924. The summed E-state index contributed by atoms with van der Waals surface area (Å²) in [6.07, 6.45) is 3.50. The molecular weight excluding hydrogens is 138 g/mol. The first-order valence-electron chi connectivity index (χ1n) is 2.43. The number of aryl methyl sites for hydroxylation is 1. The van der Waals surface area contributed by atoms with Crippen molar-refractivity contribution >= 4 is 0 Å². The van der Waals surface area contributed by atoms with Crippen LogP contribution < -0.4 is 17.0 Å². The van der Waals surface area contributed by atoms with E-state index in [2.05, 4.69) is 0 Å². The molecule has 0 bridgehead atoms. The summed E-state index contributed by atoms with van der Waals surface area (Å²) in [5.41, 5.74) is 0. The Labute approximate surface area is 60.2 Å². The smallest absolute Gasteiger partial charge is 0.210 e. The third-order valence-corrected chi connectivity index (χ3v) is 0.924. The Morgan fingerprint density at radius 2 is 2.22 bits per heavy atom. The molecule has 2 nitrogen and oxygen atoms in total. The van der Waals surface area contributed by atoms with Crippen LogP contribution in [-0.4, -0.2) is 5.11 Å². The highest BCUT2D eigenvalue weighted by atomic mass is 35.5. The van der Waals surface area contributed by atoms with Gasteiger partial charge in [-0.2, -0.15) is 0 Å². The number of aromatic hydroxyl groups is 1. The molecule has 1 rings (SSSR count). The van der Waals surface area contributed by atoms with E-state index in [0.29, 0.717) is 5.75 Å². The molecule has 0 aliphatic rings. The van der Waals surface area contributed by atoms with E-state index in [4.69, 9.17) is 5.11 Å². The Morgan fingerprint density at radius 1 is 1.56 bits per heavy atom. The zero-order valence-electron chi connectivity index (χ0n) is 5.08. The monoisotopic (exact) mass is 145 g/mol. The van der Waals surface area contributed by atoms with Crippen LogP contribution in [0.15, 0.2) is 24.5 Å². The van der Waals surface area contributed by atoms with Crippen molar-refractivity contribution in [2.24, 2.45) is 7.05 Å². The van der Waals surface area contributed by atoms with Crippen LogP contribution in [0.5, 0.6) is 5.75 Å². The van der Waals surface area contributed by atoms with Gasteiger partial charge in [-0.05, 0) is 6.07 Å². The van der Waals surface area contributed by atoms with E-state index in [9.17, 15) is 0 Å². The van der Waals surface area contributed by atoms with Gasteiger partial charge in [-0.25, -0.2) is 4.57 Å². The first-order chi connectivity index (χ1) is 3.79. The molecular formula is C6H8ClNO. The van der Waals surface area contributed by atoms with Crippen molar-refractivity contribution < 1.29 is 22.1 Å². The Bertz CT molecular complexity index is 173. The Balaban J connectivity index is 0.000000640. The van der Waals surface area contributed by atoms with Crippen LogP contribution >= 0.6 is 0 Å². The number of hydrogen-bond acceptors (Lipinski definition) is 1. The minimum Gasteiger partial charge on any atom is -1.00 e. The maximum Gasteiger partial charge on any atom is 0.210 e. The topological polar surface area (TPSA) is 24.1 Å². The van der Waals surface area contributed by atoms with Crippen molar-refractivity contribution in [1.29, 1.82) is 0 Å². The Hall–Kier alpha value is -0.760. The molecule has 0 unspecified atom stereocenters. The van der Waals surface area contributed by atoms with Crippen LogP contribution in [0.25, 0.3) is 0 Å². The predicted octanol–water partition coefficient (Wildman–Crippen LogP) is -2.78. The van der Waals surface area contributed by atoms with E-state index >= 15 is 0 Å². The summed E-state index contributed by atoms with van der Waals surface area (Å²) in [6.45, 7) is 0. The fourth-order valence-corrected chi connectivity index (χ4v) is 0.572. The van der Waals surface area contributed by atoms with Crippen molar-refractivity contribution in [3.8, 4) is 5.75 Å². The summed E-state index contributed by atoms with van der Waals surface area (Å²) in [6, 6.07) is 3.43.